The average Bonchev–Trinajstić information content (AvgIpc) is 2.51. The first-order chi connectivity index (χ1) is 7.25. The summed E-state index contributed by atoms with van der Waals surface area (Å²) in [4.78, 5) is 0. The van der Waals surface area contributed by atoms with E-state index >= 15 is 0 Å². The van der Waals surface area contributed by atoms with E-state index in [-0.39, 0.29) is 6.61 Å². The van der Waals surface area contributed by atoms with Gasteiger partial charge >= 0.3 is 0 Å². The van der Waals surface area contributed by atoms with E-state index in [4.69, 9.17) is 5.11 Å². The number of aliphatic hydroxyl groups is 1. The Morgan fingerprint density at radius 1 is 1.33 bits per heavy atom. The first-order valence-corrected chi connectivity index (χ1v) is 5.07. The summed E-state index contributed by atoms with van der Waals surface area (Å²) in [5.41, 5.74) is 3.65. The minimum atomic E-state index is 0.0843. The summed E-state index contributed by atoms with van der Waals surface area (Å²) in [6.07, 6.45) is 3.73. The van der Waals surface area contributed by atoms with Gasteiger partial charge in [0, 0.05) is 23.6 Å². The molecule has 2 aromatic rings. The Labute approximate surface area is 89.5 Å². The predicted octanol–water partition coefficient (Wildman–Crippen LogP) is 2.49. The minimum Gasteiger partial charge on any atom is -0.392 e. The molecule has 0 aliphatic rings. The predicted molar refractivity (Wildman–Crippen MR) is 63.8 cm³/mol. The van der Waals surface area contributed by atoms with E-state index in [1.165, 1.54) is 16.5 Å². The number of aromatic nitrogens is 1. The summed E-state index contributed by atoms with van der Waals surface area (Å²) in [6.45, 7) is 2.19. The lowest BCUT2D eigenvalue weighted by Gasteiger charge is -1.99. The van der Waals surface area contributed by atoms with Crippen molar-refractivity contribution in [3.05, 3.63) is 41.6 Å². The fourth-order valence-corrected chi connectivity index (χ4v) is 2.00. The van der Waals surface area contributed by atoms with Crippen LogP contribution in [0.3, 0.4) is 0 Å². The van der Waals surface area contributed by atoms with E-state index in [9.17, 15) is 0 Å². The van der Waals surface area contributed by atoms with E-state index in [2.05, 4.69) is 29.7 Å². The molecule has 0 fully saturated rings. The number of para-hydroxylation sites is 1. The number of fused-ring (bicyclic) bond motifs is 1. The molecule has 2 rings (SSSR count). The Morgan fingerprint density at radius 2 is 2.07 bits per heavy atom. The van der Waals surface area contributed by atoms with Gasteiger partial charge in [0.05, 0.1) is 6.61 Å². The van der Waals surface area contributed by atoms with Gasteiger partial charge in [-0.05, 0) is 24.6 Å². The molecule has 0 unspecified atom stereocenters. The van der Waals surface area contributed by atoms with Crippen molar-refractivity contribution in [2.24, 2.45) is 7.05 Å². The van der Waals surface area contributed by atoms with Crippen LogP contribution in [0.1, 0.15) is 11.3 Å². The Kier molecular flexibility index (Phi) is 2.60. The maximum absolute atomic E-state index is 8.79. The molecule has 15 heavy (non-hydrogen) atoms. The summed E-state index contributed by atoms with van der Waals surface area (Å²) in [6, 6.07) is 8.33. The normalized spacial score (nSPS) is 11.7. The number of hydrogen-bond donors (Lipinski definition) is 1. The van der Waals surface area contributed by atoms with Crippen molar-refractivity contribution in [1.29, 1.82) is 0 Å². The molecule has 0 aliphatic heterocycles. The van der Waals surface area contributed by atoms with Gasteiger partial charge in [-0.2, -0.15) is 0 Å². The van der Waals surface area contributed by atoms with Crippen LogP contribution in [0.15, 0.2) is 30.3 Å². The van der Waals surface area contributed by atoms with Crippen molar-refractivity contribution in [1.82, 2.24) is 4.57 Å². The number of hydrogen-bond acceptors (Lipinski definition) is 1. The lowest BCUT2D eigenvalue weighted by Crippen LogP contribution is -1.91. The van der Waals surface area contributed by atoms with Crippen molar-refractivity contribution in [3.63, 3.8) is 0 Å². The fraction of sp³-hybridized carbons (Fsp3) is 0.231. The van der Waals surface area contributed by atoms with Crippen LogP contribution in [0.5, 0.6) is 0 Å². The molecule has 78 valence electrons. The van der Waals surface area contributed by atoms with Gasteiger partial charge in [0.2, 0.25) is 0 Å². The summed E-state index contributed by atoms with van der Waals surface area (Å²) >= 11 is 0. The fourth-order valence-electron chi connectivity index (χ4n) is 2.00. The molecular weight excluding hydrogens is 186 g/mol. The summed E-state index contributed by atoms with van der Waals surface area (Å²) in [5.74, 6) is 0. The van der Waals surface area contributed by atoms with Crippen molar-refractivity contribution < 1.29 is 5.11 Å². The zero-order valence-corrected chi connectivity index (χ0v) is 9.07. The highest BCUT2D eigenvalue weighted by Crippen LogP contribution is 2.24. The molecule has 0 amide bonds. The molecule has 0 atom stereocenters. The molecule has 0 aliphatic carbocycles. The monoisotopic (exact) mass is 201 g/mol. The highest BCUT2D eigenvalue weighted by Gasteiger charge is 2.07. The maximum atomic E-state index is 8.79. The third-order valence-corrected chi connectivity index (χ3v) is 2.80. The molecule has 2 heteroatoms. The molecule has 0 saturated carbocycles. The molecule has 1 aromatic heterocycles. The van der Waals surface area contributed by atoms with Crippen LogP contribution in [-0.4, -0.2) is 16.3 Å². The summed E-state index contributed by atoms with van der Waals surface area (Å²) < 4.78 is 2.15. The number of aliphatic hydroxyl groups excluding tert-OH is 1. The van der Waals surface area contributed by atoms with Crippen LogP contribution in [0.2, 0.25) is 0 Å². The average molecular weight is 201 g/mol. The second-order valence-corrected chi connectivity index (χ2v) is 3.67. The molecule has 1 N–H and O–H groups in total. The number of rotatable bonds is 2. The van der Waals surface area contributed by atoms with Crippen LogP contribution in [0, 0.1) is 6.92 Å². The van der Waals surface area contributed by atoms with Gasteiger partial charge in [-0.15, -0.1) is 0 Å². The zero-order valence-electron chi connectivity index (χ0n) is 9.07. The second-order valence-electron chi connectivity index (χ2n) is 3.67. The van der Waals surface area contributed by atoms with E-state index in [0.29, 0.717) is 0 Å². The highest BCUT2D eigenvalue weighted by molar-refractivity contribution is 5.87. The number of benzene rings is 1. The largest absolute Gasteiger partial charge is 0.392 e. The number of aryl methyl sites for hydroxylation is 2. The molecule has 2 nitrogen and oxygen atoms in total. The van der Waals surface area contributed by atoms with E-state index in [1.54, 1.807) is 6.08 Å². The van der Waals surface area contributed by atoms with Gasteiger partial charge in [-0.3, -0.25) is 0 Å². The number of nitrogens with zero attached hydrogens (tertiary/aromatic N) is 1. The molecule has 0 spiro atoms. The van der Waals surface area contributed by atoms with Crippen molar-refractivity contribution in [2.45, 2.75) is 6.92 Å². The van der Waals surface area contributed by atoms with Crippen LogP contribution in [0.25, 0.3) is 17.0 Å². The Morgan fingerprint density at radius 3 is 2.73 bits per heavy atom. The van der Waals surface area contributed by atoms with Crippen molar-refractivity contribution in [2.75, 3.05) is 6.61 Å². The molecule has 0 saturated heterocycles. The van der Waals surface area contributed by atoms with Crippen LogP contribution in [0.4, 0.5) is 0 Å². The molecule has 1 aromatic carbocycles. The first-order valence-electron chi connectivity index (χ1n) is 5.07. The second kappa shape index (κ2) is 3.91. The van der Waals surface area contributed by atoms with Gasteiger partial charge < -0.3 is 9.67 Å². The standard InChI is InChI=1S/C13H15NO/c1-10-11-6-3-4-7-13(11)14(2)12(10)8-5-9-15/h3-8,15H,9H2,1-2H3/b8-5+. The van der Waals surface area contributed by atoms with Gasteiger partial charge in [0.1, 0.15) is 0 Å². The lowest BCUT2D eigenvalue weighted by atomic mass is 10.1. The maximum Gasteiger partial charge on any atom is 0.0616 e. The van der Waals surface area contributed by atoms with Crippen LogP contribution in [-0.2, 0) is 7.05 Å². The Hall–Kier alpha value is -1.54. The van der Waals surface area contributed by atoms with Gasteiger partial charge in [0.25, 0.3) is 0 Å². The minimum absolute atomic E-state index is 0.0843. The highest BCUT2D eigenvalue weighted by atomic mass is 16.2. The van der Waals surface area contributed by atoms with Crippen molar-refractivity contribution in [3.8, 4) is 0 Å². The molecular formula is C13H15NO. The Balaban J connectivity index is 2.69. The Bertz CT molecular complexity index is 469. The van der Waals surface area contributed by atoms with E-state index in [1.807, 2.05) is 19.2 Å². The summed E-state index contributed by atoms with van der Waals surface area (Å²) in [7, 11) is 2.05. The SMILES string of the molecule is Cc1c(/C=C/CO)n(C)c2ccccc12. The quantitative estimate of drug-likeness (QED) is 0.793. The van der Waals surface area contributed by atoms with Crippen molar-refractivity contribution >= 4 is 17.0 Å². The molecule has 0 bridgehead atoms. The first kappa shape index (κ1) is 9.99. The van der Waals surface area contributed by atoms with Gasteiger partial charge in [0.15, 0.2) is 0 Å². The zero-order chi connectivity index (χ0) is 10.8. The van der Waals surface area contributed by atoms with E-state index < -0.39 is 0 Å². The van der Waals surface area contributed by atoms with Gasteiger partial charge in [-0.1, -0.05) is 24.3 Å². The topological polar surface area (TPSA) is 25.2 Å². The smallest absolute Gasteiger partial charge is 0.0616 e. The summed E-state index contributed by atoms with van der Waals surface area (Å²) in [5, 5.41) is 10.1. The third kappa shape index (κ3) is 1.57. The lowest BCUT2D eigenvalue weighted by molar-refractivity contribution is 0.343. The molecule has 0 radical (unpaired) electrons. The van der Waals surface area contributed by atoms with Crippen LogP contribution >= 0.6 is 0 Å². The van der Waals surface area contributed by atoms with Gasteiger partial charge in [-0.25, -0.2) is 0 Å². The van der Waals surface area contributed by atoms with Crippen LogP contribution < -0.4 is 0 Å². The molecule has 1 heterocycles. The van der Waals surface area contributed by atoms with E-state index in [0.717, 1.165) is 5.69 Å². The third-order valence-electron chi connectivity index (χ3n) is 2.80.